The molecule has 0 aliphatic heterocycles. The van der Waals surface area contributed by atoms with Gasteiger partial charge in [-0.1, -0.05) is 61.5 Å². The first-order valence-corrected chi connectivity index (χ1v) is 10.7. The Morgan fingerprint density at radius 1 is 1.00 bits per heavy atom. The van der Waals surface area contributed by atoms with Gasteiger partial charge in [0.1, 0.15) is 5.75 Å². The number of fused-ring (bicyclic) bond motifs is 2. The number of aryl methyl sites for hydroxylation is 2. The predicted octanol–water partition coefficient (Wildman–Crippen LogP) is 5.75. The van der Waals surface area contributed by atoms with Gasteiger partial charge in [-0.3, -0.25) is 4.79 Å². The SMILES string of the molecule is CC[C@H](Oc1cccc2ccccc12)C(=O)N[C@@H](C)c1ccc2c(c1)CCCC2. The minimum atomic E-state index is -0.513. The van der Waals surface area contributed by atoms with E-state index in [0.29, 0.717) is 6.42 Å². The molecule has 0 spiro atoms. The Bertz CT molecular complexity index is 1010. The molecule has 0 unspecified atom stereocenters. The second-order valence-corrected chi connectivity index (χ2v) is 7.96. The second kappa shape index (κ2) is 8.69. The summed E-state index contributed by atoms with van der Waals surface area (Å²) in [6, 6.07) is 20.7. The van der Waals surface area contributed by atoms with Crippen molar-refractivity contribution in [2.75, 3.05) is 0 Å². The van der Waals surface area contributed by atoms with Crippen molar-refractivity contribution in [1.82, 2.24) is 5.32 Å². The molecule has 150 valence electrons. The molecule has 0 radical (unpaired) electrons. The van der Waals surface area contributed by atoms with Crippen LogP contribution in [0, 0.1) is 0 Å². The number of carbonyl (C=O) groups excluding carboxylic acids is 1. The van der Waals surface area contributed by atoms with Crippen molar-refractivity contribution in [3.63, 3.8) is 0 Å². The highest BCUT2D eigenvalue weighted by Crippen LogP contribution is 2.27. The van der Waals surface area contributed by atoms with Gasteiger partial charge in [0.25, 0.3) is 5.91 Å². The van der Waals surface area contributed by atoms with E-state index in [1.165, 1.54) is 36.0 Å². The fourth-order valence-corrected chi connectivity index (χ4v) is 4.19. The molecule has 3 nitrogen and oxygen atoms in total. The summed E-state index contributed by atoms with van der Waals surface area (Å²) in [5.41, 5.74) is 4.07. The number of carbonyl (C=O) groups is 1. The maximum absolute atomic E-state index is 13.0. The zero-order valence-electron chi connectivity index (χ0n) is 17.3. The van der Waals surface area contributed by atoms with Crippen LogP contribution < -0.4 is 10.1 Å². The smallest absolute Gasteiger partial charge is 0.261 e. The van der Waals surface area contributed by atoms with E-state index in [-0.39, 0.29) is 11.9 Å². The van der Waals surface area contributed by atoms with Gasteiger partial charge in [0, 0.05) is 5.39 Å². The molecule has 0 saturated heterocycles. The first-order chi connectivity index (χ1) is 14.2. The van der Waals surface area contributed by atoms with Gasteiger partial charge in [0.05, 0.1) is 6.04 Å². The van der Waals surface area contributed by atoms with Crippen molar-refractivity contribution in [3.8, 4) is 5.75 Å². The molecule has 29 heavy (non-hydrogen) atoms. The summed E-state index contributed by atoms with van der Waals surface area (Å²) in [5.74, 6) is 0.692. The number of rotatable bonds is 6. The predicted molar refractivity (Wildman–Crippen MR) is 118 cm³/mol. The maximum Gasteiger partial charge on any atom is 0.261 e. The van der Waals surface area contributed by atoms with Crippen LogP contribution in [0.3, 0.4) is 0 Å². The zero-order chi connectivity index (χ0) is 20.2. The van der Waals surface area contributed by atoms with Gasteiger partial charge in [-0.15, -0.1) is 0 Å². The highest BCUT2D eigenvalue weighted by atomic mass is 16.5. The van der Waals surface area contributed by atoms with E-state index in [9.17, 15) is 4.79 Å². The van der Waals surface area contributed by atoms with Crippen molar-refractivity contribution in [1.29, 1.82) is 0 Å². The average Bonchev–Trinajstić information content (AvgIpc) is 2.77. The molecule has 0 aromatic heterocycles. The van der Waals surface area contributed by atoms with E-state index < -0.39 is 6.10 Å². The Labute approximate surface area is 173 Å². The summed E-state index contributed by atoms with van der Waals surface area (Å²) in [4.78, 5) is 13.0. The van der Waals surface area contributed by atoms with Crippen molar-refractivity contribution in [2.45, 2.75) is 58.1 Å². The lowest BCUT2D eigenvalue weighted by Gasteiger charge is -2.23. The van der Waals surface area contributed by atoms with E-state index in [4.69, 9.17) is 4.74 Å². The summed E-state index contributed by atoms with van der Waals surface area (Å²) in [6.07, 6.45) is 4.96. The lowest BCUT2D eigenvalue weighted by molar-refractivity contribution is -0.128. The number of ether oxygens (including phenoxy) is 1. The monoisotopic (exact) mass is 387 g/mol. The van der Waals surface area contributed by atoms with Crippen LogP contribution in [0.5, 0.6) is 5.75 Å². The number of hydrogen-bond donors (Lipinski definition) is 1. The van der Waals surface area contributed by atoms with Crippen LogP contribution in [0.25, 0.3) is 10.8 Å². The second-order valence-electron chi connectivity index (χ2n) is 7.96. The normalized spacial score (nSPS) is 15.4. The van der Waals surface area contributed by atoms with Crippen molar-refractivity contribution in [3.05, 3.63) is 77.4 Å². The lowest BCUT2D eigenvalue weighted by atomic mass is 9.89. The molecule has 1 amide bonds. The van der Waals surface area contributed by atoms with Gasteiger partial charge in [-0.05, 0) is 67.2 Å². The molecule has 0 heterocycles. The molecule has 1 N–H and O–H groups in total. The molecule has 1 aliphatic carbocycles. The Morgan fingerprint density at radius 3 is 2.59 bits per heavy atom. The summed E-state index contributed by atoms with van der Waals surface area (Å²) in [7, 11) is 0. The molecule has 2 atom stereocenters. The number of nitrogens with one attached hydrogen (secondary N) is 1. The van der Waals surface area contributed by atoms with Crippen molar-refractivity contribution in [2.24, 2.45) is 0 Å². The highest BCUT2D eigenvalue weighted by Gasteiger charge is 2.22. The summed E-state index contributed by atoms with van der Waals surface area (Å²) in [6.45, 7) is 4.03. The number of benzene rings is 3. The van der Waals surface area contributed by atoms with Crippen LogP contribution >= 0.6 is 0 Å². The zero-order valence-corrected chi connectivity index (χ0v) is 17.3. The summed E-state index contributed by atoms with van der Waals surface area (Å²) < 4.78 is 6.15. The van der Waals surface area contributed by atoms with E-state index >= 15 is 0 Å². The fourth-order valence-electron chi connectivity index (χ4n) is 4.19. The number of hydrogen-bond acceptors (Lipinski definition) is 2. The van der Waals surface area contributed by atoms with Crippen LogP contribution in [0.15, 0.2) is 60.7 Å². The minimum Gasteiger partial charge on any atom is -0.480 e. The molecule has 0 saturated carbocycles. The third kappa shape index (κ3) is 4.29. The topological polar surface area (TPSA) is 38.3 Å². The first-order valence-electron chi connectivity index (χ1n) is 10.7. The molecule has 1 aliphatic rings. The van der Waals surface area contributed by atoms with Gasteiger partial charge in [-0.2, -0.15) is 0 Å². The Balaban J connectivity index is 1.47. The van der Waals surface area contributed by atoms with E-state index in [2.05, 4.69) is 35.6 Å². The molecule has 3 heteroatoms. The van der Waals surface area contributed by atoms with Crippen LogP contribution in [-0.4, -0.2) is 12.0 Å². The lowest BCUT2D eigenvalue weighted by Crippen LogP contribution is -2.39. The van der Waals surface area contributed by atoms with E-state index in [0.717, 1.165) is 22.9 Å². The van der Waals surface area contributed by atoms with Crippen LogP contribution in [0.2, 0.25) is 0 Å². The molecule has 3 aromatic rings. The molecule has 0 bridgehead atoms. The third-order valence-electron chi connectivity index (χ3n) is 5.91. The standard InChI is InChI=1S/C26H29NO2/c1-3-24(29-25-14-8-12-20-10-6-7-13-23(20)25)26(28)27-18(2)21-16-15-19-9-4-5-11-22(19)17-21/h6-8,10,12-18,24H,3-5,9,11H2,1-2H3,(H,27,28)/t18-,24-/m0/s1. The van der Waals surface area contributed by atoms with Crippen molar-refractivity contribution < 1.29 is 9.53 Å². The summed E-state index contributed by atoms with van der Waals surface area (Å²) >= 11 is 0. The largest absolute Gasteiger partial charge is 0.480 e. The van der Waals surface area contributed by atoms with Gasteiger partial charge in [0.2, 0.25) is 0 Å². The minimum absolute atomic E-state index is 0.0418. The van der Waals surface area contributed by atoms with Gasteiger partial charge in [-0.25, -0.2) is 0 Å². The molecule has 0 fully saturated rings. The molecule has 3 aromatic carbocycles. The fraction of sp³-hybridized carbons (Fsp3) is 0.346. The van der Waals surface area contributed by atoms with Gasteiger partial charge >= 0.3 is 0 Å². The quantitative estimate of drug-likeness (QED) is 0.584. The third-order valence-corrected chi connectivity index (χ3v) is 5.91. The number of amides is 1. The van der Waals surface area contributed by atoms with Crippen LogP contribution in [0.1, 0.15) is 55.8 Å². The van der Waals surface area contributed by atoms with Gasteiger partial charge in [0.15, 0.2) is 6.10 Å². The van der Waals surface area contributed by atoms with E-state index in [1.807, 2.05) is 44.2 Å². The molecular weight excluding hydrogens is 358 g/mol. The Kier molecular flexibility index (Phi) is 5.84. The van der Waals surface area contributed by atoms with Crippen LogP contribution in [-0.2, 0) is 17.6 Å². The first kappa shape index (κ1) is 19.5. The Hall–Kier alpha value is -2.81. The Morgan fingerprint density at radius 2 is 1.76 bits per heavy atom. The van der Waals surface area contributed by atoms with Crippen LogP contribution in [0.4, 0.5) is 0 Å². The highest BCUT2D eigenvalue weighted by molar-refractivity contribution is 5.89. The molecule has 4 rings (SSSR count). The average molecular weight is 388 g/mol. The molecular formula is C26H29NO2. The summed E-state index contributed by atoms with van der Waals surface area (Å²) in [5, 5.41) is 5.30. The van der Waals surface area contributed by atoms with Gasteiger partial charge < -0.3 is 10.1 Å². The maximum atomic E-state index is 13.0. The van der Waals surface area contributed by atoms with Crippen molar-refractivity contribution >= 4 is 16.7 Å². The van der Waals surface area contributed by atoms with E-state index in [1.54, 1.807) is 0 Å².